The van der Waals surface area contributed by atoms with Gasteiger partial charge >= 0.3 is 0 Å². The number of hydrogen-bond acceptors (Lipinski definition) is 3. The van der Waals surface area contributed by atoms with Crippen LogP contribution in [0.4, 0.5) is 5.82 Å². The normalized spacial score (nSPS) is 18.7. The molecule has 1 aromatic carbocycles. The maximum atomic E-state index is 6.44. The van der Waals surface area contributed by atoms with Crippen molar-refractivity contribution < 1.29 is 0 Å². The number of fused-ring (bicyclic) bond motifs is 1. The van der Waals surface area contributed by atoms with E-state index in [0.29, 0.717) is 5.84 Å². The van der Waals surface area contributed by atoms with E-state index in [4.69, 9.17) is 22.4 Å². The molecule has 2 heterocycles. The van der Waals surface area contributed by atoms with Crippen LogP contribution in [-0.4, -0.2) is 15.6 Å². The summed E-state index contributed by atoms with van der Waals surface area (Å²) in [7, 11) is 0. The lowest BCUT2D eigenvalue weighted by molar-refractivity contribution is 0.291. The number of aromatic nitrogens is 2. The molecule has 0 amide bonds. The monoisotopic (exact) mass is 336 g/mol. The Morgan fingerprint density at radius 3 is 2.68 bits per heavy atom. The second-order valence-corrected chi connectivity index (χ2v) is 6.29. The van der Waals surface area contributed by atoms with Crippen molar-refractivity contribution in [1.82, 2.24) is 9.78 Å². The first-order valence-electron chi connectivity index (χ1n) is 7.35. The van der Waals surface area contributed by atoms with E-state index >= 15 is 0 Å². The average Bonchev–Trinajstić information content (AvgIpc) is 2.82. The number of aryl methyl sites for hydroxylation is 1. The molecule has 1 saturated carbocycles. The van der Waals surface area contributed by atoms with E-state index in [9.17, 15) is 0 Å². The molecule has 2 aliphatic rings. The zero-order valence-electron chi connectivity index (χ0n) is 12.1. The maximum Gasteiger partial charge on any atom is 0.152 e. The summed E-state index contributed by atoms with van der Waals surface area (Å²) in [6.45, 7) is 0.809. The lowest BCUT2D eigenvalue weighted by Gasteiger charge is -2.41. The van der Waals surface area contributed by atoms with Gasteiger partial charge in [-0.25, -0.2) is 9.67 Å². The fraction of sp³-hybridized carbons (Fsp3) is 0.375. The number of hydrogen-bond donors (Lipinski definition) is 1. The van der Waals surface area contributed by atoms with Crippen molar-refractivity contribution >= 4 is 35.7 Å². The van der Waals surface area contributed by atoms with Crippen LogP contribution in [0.15, 0.2) is 35.3 Å². The van der Waals surface area contributed by atoms with Crippen molar-refractivity contribution in [3.63, 3.8) is 0 Å². The Hall–Kier alpha value is -1.52. The summed E-state index contributed by atoms with van der Waals surface area (Å²) in [6, 6.07) is 10.2. The van der Waals surface area contributed by atoms with E-state index in [1.165, 1.54) is 12.0 Å². The first kappa shape index (κ1) is 15.4. The Morgan fingerprint density at radius 2 is 2.00 bits per heavy atom. The third-order valence-electron chi connectivity index (χ3n) is 4.68. The smallest absolute Gasteiger partial charge is 0.152 e. The predicted molar refractivity (Wildman–Crippen MR) is 91.5 cm³/mol. The van der Waals surface area contributed by atoms with Gasteiger partial charge in [-0.1, -0.05) is 36.2 Å². The van der Waals surface area contributed by atoms with E-state index in [1.54, 1.807) is 0 Å². The van der Waals surface area contributed by atoms with Crippen LogP contribution in [0, 0.1) is 0 Å². The minimum absolute atomic E-state index is 0. The van der Waals surface area contributed by atoms with Crippen LogP contribution in [0.3, 0.4) is 0 Å². The third-order valence-corrected chi connectivity index (χ3v) is 5.01. The zero-order valence-corrected chi connectivity index (χ0v) is 13.7. The van der Waals surface area contributed by atoms with E-state index in [2.05, 4.69) is 17.1 Å². The highest BCUT2D eigenvalue weighted by Gasteiger charge is 2.44. The van der Waals surface area contributed by atoms with Crippen molar-refractivity contribution in [2.24, 2.45) is 10.7 Å². The highest BCUT2D eigenvalue weighted by molar-refractivity contribution is 6.31. The minimum Gasteiger partial charge on any atom is -0.387 e. The second-order valence-electron chi connectivity index (χ2n) is 5.88. The van der Waals surface area contributed by atoms with E-state index in [0.717, 1.165) is 42.3 Å². The van der Waals surface area contributed by atoms with Gasteiger partial charge < -0.3 is 5.73 Å². The maximum absolute atomic E-state index is 6.44. The lowest BCUT2D eigenvalue weighted by atomic mass is 9.62. The Kier molecular flexibility index (Phi) is 3.91. The van der Waals surface area contributed by atoms with Crippen LogP contribution in [0.1, 0.15) is 36.9 Å². The van der Waals surface area contributed by atoms with E-state index < -0.39 is 0 Å². The largest absolute Gasteiger partial charge is 0.387 e. The number of nitrogens with two attached hydrogens (primary N) is 1. The summed E-state index contributed by atoms with van der Waals surface area (Å²) in [5, 5.41) is 5.62. The number of halogens is 2. The summed E-state index contributed by atoms with van der Waals surface area (Å²) < 4.78 is 1.96. The summed E-state index contributed by atoms with van der Waals surface area (Å²) in [5.41, 5.74) is 8.05. The van der Waals surface area contributed by atoms with Crippen molar-refractivity contribution in [2.45, 2.75) is 37.6 Å². The van der Waals surface area contributed by atoms with Crippen LogP contribution in [0.25, 0.3) is 0 Å². The first-order valence-corrected chi connectivity index (χ1v) is 7.73. The quantitative estimate of drug-likeness (QED) is 0.906. The fourth-order valence-corrected chi connectivity index (χ4v) is 3.68. The number of amidine groups is 1. The molecule has 0 unspecified atom stereocenters. The van der Waals surface area contributed by atoms with Gasteiger partial charge in [0.05, 0.1) is 12.2 Å². The van der Waals surface area contributed by atoms with E-state index in [-0.39, 0.29) is 17.8 Å². The molecule has 0 saturated heterocycles. The standard InChI is InChI=1S/C16H17ClN4.ClH/c17-12-5-2-1-4-11(12)16(7-3-8-16)13-10-15-19-14(18)6-9-21(15)20-13;/h1-2,4-5,10H,3,6-9H2,(H2,18,19);1H. The zero-order chi connectivity index (χ0) is 14.4. The third kappa shape index (κ3) is 2.22. The average molecular weight is 337 g/mol. The lowest BCUT2D eigenvalue weighted by Crippen LogP contribution is -2.36. The molecular weight excluding hydrogens is 319 g/mol. The molecule has 2 N–H and O–H groups in total. The Morgan fingerprint density at radius 1 is 1.23 bits per heavy atom. The molecule has 0 spiro atoms. The van der Waals surface area contributed by atoms with Crippen molar-refractivity contribution in [3.05, 3.63) is 46.6 Å². The molecule has 0 bridgehead atoms. The highest BCUT2D eigenvalue weighted by atomic mass is 35.5. The van der Waals surface area contributed by atoms with Crippen LogP contribution < -0.4 is 5.73 Å². The molecule has 0 atom stereocenters. The highest BCUT2D eigenvalue weighted by Crippen LogP contribution is 2.51. The second kappa shape index (κ2) is 5.60. The molecule has 1 aromatic heterocycles. The Balaban J connectivity index is 0.00000144. The van der Waals surface area contributed by atoms with Crippen LogP contribution in [-0.2, 0) is 12.0 Å². The predicted octanol–water partition coefficient (Wildman–Crippen LogP) is 3.82. The van der Waals surface area contributed by atoms with Crippen molar-refractivity contribution in [2.75, 3.05) is 0 Å². The fourth-order valence-electron chi connectivity index (χ4n) is 3.36. The summed E-state index contributed by atoms with van der Waals surface area (Å²) in [4.78, 5) is 4.42. The first-order chi connectivity index (χ1) is 10.2. The van der Waals surface area contributed by atoms with E-state index in [1.807, 2.05) is 22.9 Å². The number of benzene rings is 1. The molecular formula is C16H18Cl2N4. The van der Waals surface area contributed by atoms with Gasteiger partial charge in [-0.05, 0) is 24.5 Å². The molecule has 4 nitrogen and oxygen atoms in total. The summed E-state index contributed by atoms with van der Waals surface area (Å²) >= 11 is 6.44. The van der Waals surface area contributed by atoms with Crippen LogP contribution >= 0.6 is 24.0 Å². The van der Waals surface area contributed by atoms with Gasteiger partial charge in [0, 0.05) is 22.9 Å². The van der Waals surface area contributed by atoms with Gasteiger partial charge in [-0.3, -0.25) is 0 Å². The molecule has 2 aromatic rings. The van der Waals surface area contributed by atoms with Gasteiger partial charge in [0.2, 0.25) is 0 Å². The van der Waals surface area contributed by atoms with Crippen molar-refractivity contribution in [3.8, 4) is 0 Å². The van der Waals surface area contributed by atoms with Crippen LogP contribution in [0.5, 0.6) is 0 Å². The van der Waals surface area contributed by atoms with Crippen LogP contribution in [0.2, 0.25) is 5.02 Å². The van der Waals surface area contributed by atoms with Gasteiger partial charge in [-0.2, -0.15) is 5.10 Å². The molecule has 1 fully saturated rings. The van der Waals surface area contributed by atoms with Crippen molar-refractivity contribution in [1.29, 1.82) is 0 Å². The number of rotatable bonds is 2. The van der Waals surface area contributed by atoms with Gasteiger partial charge in [0.25, 0.3) is 0 Å². The minimum atomic E-state index is -0.0486. The van der Waals surface area contributed by atoms with Gasteiger partial charge in [-0.15, -0.1) is 12.4 Å². The van der Waals surface area contributed by atoms with Gasteiger partial charge in [0.1, 0.15) is 5.84 Å². The summed E-state index contributed by atoms with van der Waals surface area (Å²) in [6.07, 6.45) is 4.16. The summed E-state index contributed by atoms with van der Waals surface area (Å²) in [5.74, 6) is 1.56. The molecule has 1 aliphatic carbocycles. The molecule has 4 rings (SSSR count). The molecule has 22 heavy (non-hydrogen) atoms. The SMILES string of the molecule is Cl.NC1=Nc2cc(C3(c4ccccc4Cl)CCC3)nn2CC1. The topological polar surface area (TPSA) is 56.2 Å². The molecule has 116 valence electrons. The Bertz CT molecular complexity index is 731. The number of aliphatic imine (C=N–C) groups is 1. The molecule has 6 heteroatoms. The van der Waals surface area contributed by atoms with Gasteiger partial charge in [0.15, 0.2) is 5.82 Å². The molecule has 1 aliphatic heterocycles. The Labute approximate surface area is 140 Å². The number of nitrogens with zero attached hydrogens (tertiary/aromatic N) is 3. The molecule has 0 radical (unpaired) electrons.